The molecule has 0 aromatic heterocycles. The molecule has 0 heterocycles. The smallest absolute Gasteiger partial charge is 0.305 e. The lowest BCUT2D eigenvalue weighted by molar-refractivity contribution is -0.140. The Morgan fingerprint density at radius 2 is 2.31 bits per heavy atom. The van der Waals surface area contributed by atoms with Crippen LogP contribution in [0.4, 0.5) is 4.39 Å². The van der Waals surface area contributed by atoms with Crippen LogP contribution in [0.25, 0.3) is 0 Å². The lowest BCUT2D eigenvalue weighted by Gasteiger charge is -2.12. The number of benzene rings is 1. The minimum atomic E-state index is -0.558. The quantitative estimate of drug-likeness (QED) is 0.829. The number of esters is 1. The van der Waals surface area contributed by atoms with Crippen molar-refractivity contribution in [2.75, 3.05) is 7.11 Å². The number of hydrogen-bond donors (Lipinski definition) is 1. The minimum Gasteiger partial charge on any atom is -0.469 e. The van der Waals surface area contributed by atoms with Crippen LogP contribution in [0.15, 0.2) is 18.2 Å². The van der Waals surface area contributed by atoms with Crippen LogP contribution in [0, 0.1) is 5.82 Å². The predicted octanol–water partition coefficient (Wildman–Crippen LogP) is 2.43. The van der Waals surface area contributed by atoms with Gasteiger partial charge in [0.05, 0.1) is 12.1 Å². The van der Waals surface area contributed by atoms with Crippen LogP contribution >= 0.6 is 11.6 Å². The summed E-state index contributed by atoms with van der Waals surface area (Å²) in [6.07, 6.45) is 0.480. The molecule has 16 heavy (non-hydrogen) atoms. The molecule has 0 radical (unpaired) electrons. The van der Waals surface area contributed by atoms with E-state index in [1.165, 1.54) is 13.2 Å². The third-order valence-corrected chi connectivity index (χ3v) is 2.56. The average molecular weight is 246 g/mol. The van der Waals surface area contributed by atoms with Crippen molar-refractivity contribution in [2.24, 2.45) is 5.73 Å². The molecule has 0 aliphatic heterocycles. The Kier molecular flexibility index (Phi) is 4.71. The van der Waals surface area contributed by atoms with Gasteiger partial charge in [0.25, 0.3) is 0 Å². The van der Waals surface area contributed by atoms with Crippen LogP contribution in [-0.4, -0.2) is 13.1 Å². The molecule has 1 unspecified atom stereocenters. The van der Waals surface area contributed by atoms with Gasteiger partial charge in [-0.05, 0) is 12.5 Å². The summed E-state index contributed by atoms with van der Waals surface area (Å²) in [4.78, 5) is 10.9. The number of carbonyl (C=O) groups excluding carboxylic acids is 1. The fraction of sp³-hybridized carbons (Fsp3) is 0.364. The number of ether oxygens (including phenoxy) is 1. The van der Waals surface area contributed by atoms with E-state index in [1.54, 1.807) is 12.1 Å². The van der Waals surface area contributed by atoms with E-state index in [1.807, 2.05) is 0 Å². The highest BCUT2D eigenvalue weighted by molar-refractivity contribution is 6.30. The van der Waals surface area contributed by atoms with E-state index in [9.17, 15) is 9.18 Å². The second-order valence-electron chi connectivity index (χ2n) is 3.36. The molecule has 0 aliphatic rings. The summed E-state index contributed by atoms with van der Waals surface area (Å²) in [5.74, 6) is -0.889. The summed E-state index contributed by atoms with van der Waals surface area (Å²) in [5.41, 5.74) is 6.08. The third kappa shape index (κ3) is 3.18. The Labute approximate surface area is 98.3 Å². The van der Waals surface area contributed by atoms with E-state index in [4.69, 9.17) is 17.3 Å². The highest BCUT2D eigenvalue weighted by atomic mass is 35.5. The first kappa shape index (κ1) is 12.9. The first-order valence-electron chi connectivity index (χ1n) is 4.82. The molecule has 0 saturated carbocycles. The lowest BCUT2D eigenvalue weighted by atomic mass is 10.0. The van der Waals surface area contributed by atoms with Crippen LogP contribution in [0.2, 0.25) is 5.02 Å². The number of rotatable bonds is 4. The van der Waals surface area contributed by atoms with Crippen LogP contribution < -0.4 is 5.73 Å². The van der Waals surface area contributed by atoms with Crippen LogP contribution in [-0.2, 0) is 9.53 Å². The molecule has 1 aromatic carbocycles. The standard InChI is InChI=1S/C11H13ClFNO2/c1-16-10(15)6-5-9(14)7-3-2-4-8(12)11(7)13/h2-4,9H,5-6,14H2,1H3. The van der Waals surface area contributed by atoms with Gasteiger partial charge in [0.15, 0.2) is 0 Å². The van der Waals surface area contributed by atoms with Gasteiger partial charge in [0.2, 0.25) is 0 Å². The highest BCUT2D eigenvalue weighted by Gasteiger charge is 2.15. The maximum Gasteiger partial charge on any atom is 0.305 e. The van der Waals surface area contributed by atoms with Crippen molar-refractivity contribution in [1.29, 1.82) is 0 Å². The van der Waals surface area contributed by atoms with Gasteiger partial charge in [-0.25, -0.2) is 4.39 Å². The van der Waals surface area contributed by atoms with Crippen LogP contribution in [0.5, 0.6) is 0 Å². The Bertz CT molecular complexity index is 384. The van der Waals surface area contributed by atoms with Gasteiger partial charge in [0.1, 0.15) is 5.82 Å². The van der Waals surface area contributed by atoms with Crippen molar-refractivity contribution in [2.45, 2.75) is 18.9 Å². The first-order chi connectivity index (χ1) is 7.56. The fourth-order valence-corrected chi connectivity index (χ4v) is 1.52. The fourth-order valence-electron chi connectivity index (χ4n) is 1.34. The average Bonchev–Trinajstić information content (AvgIpc) is 2.29. The Morgan fingerprint density at radius 1 is 1.62 bits per heavy atom. The summed E-state index contributed by atoms with van der Waals surface area (Å²) >= 11 is 5.63. The number of hydrogen-bond acceptors (Lipinski definition) is 3. The molecule has 0 fully saturated rings. The molecule has 0 aliphatic carbocycles. The van der Waals surface area contributed by atoms with Gasteiger partial charge in [0, 0.05) is 18.0 Å². The number of halogens is 2. The Balaban J connectivity index is 2.69. The van der Waals surface area contributed by atoms with E-state index < -0.39 is 11.9 Å². The molecule has 3 nitrogen and oxygen atoms in total. The van der Waals surface area contributed by atoms with Gasteiger partial charge in [-0.3, -0.25) is 4.79 Å². The summed E-state index contributed by atoms with van der Waals surface area (Å²) in [6, 6.07) is 4.08. The Morgan fingerprint density at radius 3 is 2.94 bits per heavy atom. The molecular weight excluding hydrogens is 233 g/mol. The highest BCUT2D eigenvalue weighted by Crippen LogP contribution is 2.24. The van der Waals surface area contributed by atoms with Gasteiger partial charge >= 0.3 is 5.97 Å². The van der Waals surface area contributed by atoms with Gasteiger partial charge in [-0.15, -0.1) is 0 Å². The van der Waals surface area contributed by atoms with E-state index in [-0.39, 0.29) is 17.4 Å². The molecule has 2 N–H and O–H groups in total. The SMILES string of the molecule is COC(=O)CCC(N)c1cccc(Cl)c1F. The Hall–Kier alpha value is -1.13. The summed E-state index contributed by atoms with van der Waals surface area (Å²) in [7, 11) is 1.30. The van der Waals surface area contributed by atoms with Crippen molar-refractivity contribution < 1.29 is 13.9 Å². The topological polar surface area (TPSA) is 52.3 Å². The van der Waals surface area contributed by atoms with Crippen molar-refractivity contribution in [3.05, 3.63) is 34.6 Å². The van der Waals surface area contributed by atoms with E-state index in [0.29, 0.717) is 12.0 Å². The monoisotopic (exact) mass is 245 g/mol. The summed E-state index contributed by atoms with van der Waals surface area (Å²) < 4.78 is 18.0. The predicted molar refractivity (Wildman–Crippen MR) is 59.6 cm³/mol. The normalized spacial score (nSPS) is 12.2. The van der Waals surface area contributed by atoms with Gasteiger partial charge in [-0.2, -0.15) is 0 Å². The molecule has 1 aromatic rings. The molecular formula is C11H13ClFNO2. The van der Waals surface area contributed by atoms with E-state index in [2.05, 4.69) is 4.74 Å². The number of carbonyl (C=O) groups is 1. The zero-order valence-electron chi connectivity index (χ0n) is 8.87. The van der Waals surface area contributed by atoms with E-state index in [0.717, 1.165) is 0 Å². The maximum absolute atomic E-state index is 13.5. The second-order valence-corrected chi connectivity index (χ2v) is 3.77. The van der Waals surface area contributed by atoms with Crippen molar-refractivity contribution in [1.82, 2.24) is 0 Å². The zero-order valence-corrected chi connectivity index (χ0v) is 9.63. The van der Waals surface area contributed by atoms with E-state index >= 15 is 0 Å². The van der Waals surface area contributed by atoms with Crippen LogP contribution in [0.3, 0.4) is 0 Å². The van der Waals surface area contributed by atoms with Crippen molar-refractivity contribution >= 4 is 17.6 Å². The largest absolute Gasteiger partial charge is 0.469 e. The third-order valence-electron chi connectivity index (χ3n) is 2.27. The lowest BCUT2D eigenvalue weighted by Crippen LogP contribution is -2.14. The summed E-state index contributed by atoms with van der Waals surface area (Å²) in [5, 5.41) is 0.0334. The number of nitrogens with two attached hydrogens (primary N) is 1. The van der Waals surface area contributed by atoms with Crippen molar-refractivity contribution in [3.8, 4) is 0 Å². The van der Waals surface area contributed by atoms with Gasteiger partial charge in [-0.1, -0.05) is 23.7 Å². The molecule has 1 atom stereocenters. The molecule has 0 amide bonds. The molecule has 88 valence electrons. The molecule has 0 bridgehead atoms. The van der Waals surface area contributed by atoms with Crippen molar-refractivity contribution in [3.63, 3.8) is 0 Å². The maximum atomic E-state index is 13.5. The summed E-state index contributed by atoms with van der Waals surface area (Å²) in [6.45, 7) is 0. The molecule has 5 heteroatoms. The van der Waals surface area contributed by atoms with Crippen LogP contribution in [0.1, 0.15) is 24.4 Å². The number of methoxy groups -OCH3 is 1. The molecule has 0 spiro atoms. The zero-order chi connectivity index (χ0) is 12.1. The molecule has 1 rings (SSSR count). The first-order valence-corrected chi connectivity index (χ1v) is 5.20. The minimum absolute atomic E-state index is 0.0334. The molecule has 0 saturated heterocycles. The second kappa shape index (κ2) is 5.82. The van der Waals surface area contributed by atoms with Gasteiger partial charge < -0.3 is 10.5 Å².